The van der Waals surface area contributed by atoms with Gasteiger partial charge in [-0.15, -0.1) is 0 Å². The molecule has 0 bridgehead atoms. The Morgan fingerprint density at radius 1 is 1.26 bits per heavy atom. The van der Waals surface area contributed by atoms with Crippen molar-refractivity contribution in [2.24, 2.45) is 11.8 Å². The first kappa shape index (κ1) is 14.6. The molecule has 104 valence electrons. The summed E-state index contributed by atoms with van der Waals surface area (Å²) in [6.45, 7) is 6.60. The molecule has 1 amide bonds. The van der Waals surface area contributed by atoms with E-state index >= 15 is 0 Å². The van der Waals surface area contributed by atoms with Crippen LogP contribution in [0.5, 0.6) is 0 Å². The molecule has 3 heteroatoms. The number of halogens is 1. The molecule has 19 heavy (non-hydrogen) atoms. The molecule has 1 aliphatic carbocycles. The summed E-state index contributed by atoms with van der Waals surface area (Å²) >= 11 is 3.46. The molecular weight excluding hydrogens is 302 g/mol. The van der Waals surface area contributed by atoms with Gasteiger partial charge in [0.15, 0.2) is 0 Å². The average Bonchev–Trinajstić information content (AvgIpc) is 2.36. The monoisotopic (exact) mass is 323 g/mol. The Labute approximate surface area is 124 Å². The van der Waals surface area contributed by atoms with Gasteiger partial charge in [0.2, 0.25) is 0 Å². The lowest BCUT2D eigenvalue weighted by atomic mass is 9.79. The molecule has 1 fully saturated rings. The number of rotatable bonds is 2. The molecule has 0 saturated heterocycles. The van der Waals surface area contributed by atoms with Crippen LogP contribution in [-0.4, -0.2) is 11.9 Å². The number of carbonyl (C=O) groups is 1. The molecule has 2 rings (SSSR count). The summed E-state index contributed by atoms with van der Waals surface area (Å²) in [6.07, 6.45) is 3.40. The lowest BCUT2D eigenvalue weighted by Crippen LogP contribution is -2.40. The molecule has 0 aliphatic heterocycles. The number of hydrogen-bond acceptors (Lipinski definition) is 1. The van der Waals surface area contributed by atoms with Crippen molar-refractivity contribution in [2.75, 3.05) is 0 Å². The maximum atomic E-state index is 12.3. The van der Waals surface area contributed by atoms with E-state index in [1.54, 1.807) is 0 Å². The van der Waals surface area contributed by atoms with Gasteiger partial charge in [0, 0.05) is 10.5 Å². The summed E-state index contributed by atoms with van der Waals surface area (Å²) in [5.74, 6) is 1.51. The number of amides is 1. The number of carbonyl (C=O) groups excluding carboxylic acids is 1. The van der Waals surface area contributed by atoms with Gasteiger partial charge >= 0.3 is 0 Å². The van der Waals surface area contributed by atoms with Gasteiger partial charge in [-0.1, -0.05) is 25.5 Å². The Balaban J connectivity index is 2.03. The van der Waals surface area contributed by atoms with Gasteiger partial charge in [-0.3, -0.25) is 4.79 Å². The first-order chi connectivity index (χ1) is 8.97. The third kappa shape index (κ3) is 3.59. The van der Waals surface area contributed by atoms with E-state index in [2.05, 4.69) is 35.1 Å². The van der Waals surface area contributed by atoms with Crippen molar-refractivity contribution in [3.05, 3.63) is 33.8 Å². The van der Waals surface area contributed by atoms with E-state index in [0.29, 0.717) is 12.0 Å². The Kier molecular flexibility index (Phi) is 4.67. The second-order valence-electron chi connectivity index (χ2n) is 5.92. The molecule has 0 heterocycles. The maximum absolute atomic E-state index is 12.3. The van der Waals surface area contributed by atoms with Gasteiger partial charge in [0.25, 0.3) is 5.91 Å². The predicted octanol–water partition coefficient (Wildman–Crippen LogP) is 4.31. The number of benzene rings is 1. The van der Waals surface area contributed by atoms with Crippen LogP contribution in [0.25, 0.3) is 0 Å². The summed E-state index contributed by atoms with van der Waals surface area (Å²) in [5.41, 5.74) is 1.85. The Bertz CT molecular complexity index is 472. The zero-order valence-corrected chi connectivity index (χ0v) is 13.5. The van der Waals surface area contributed by atoms with Crippen molar-refractivity contribution in [3.8, 4) is 0 Å². The number of nitrogens with one attached hydrogen (secondary N) is 1. The van der Waals surface area contributed by atoms with Crippen LogP contribution in [0.4, 0.5) is 0 Å². The average molecular weight is 324 g/mol. The normalized spacial score (nSPS) is 27.1. The van der Waals surface area contributed by atoms with Crippen LogP contribution in [-0.2, 0) is 0 Å². The molecule has 0 aromatic heterocycles. The van der Waals surface area contributed by atoms with E-state index in [1.165, 1.54) is 6.42 Å². The molecule has 1 aliphatic rings. The van der Waals surface area contributed by atoms with E-state index < -0.39 is 0 Å². The van der Waals surface area contributed by atoms with Gasteiger partial charge in [-0.25, -0.2) is 0 Å². The molecule has 1 N–H and O–H groups in total. The molecule has 0 radical (unpaired) electrons. The van der Waals surface area contributed by atoms with Gasteiger partial charge in [0.1, 0.15) is 0 Å². The van der Waals surface area contributed by atoms with Crippen molar-refractivity contribution in [1.29, 1.82) is 0 Å². The standard InChI is InChI=1S/C16H22BrNO/c1-10-4-7-15(17)14(8-10)16(19)18-13-6-5-11(2)12(3)9-13/h4,7-8,11-13H,5-6,9H2,1-3H3,(H,18,19). The second-order valence-corrected chi connectivity index (χ2v) is 6.78. The Morgan fingerprint density at radius 3 is 2.68 bits per heavy atom. The van der Waals surface area contributed by atoms with Gasteiger partial charge in [-0.05, 0) is 66.1 Å². The van der Waals surface area contributed by atoms with E-state index in [9.17, 15) is 4.79 Å². The SMILES string of the molecule is Cc1ccc(Br)c(C(=O)NC2CCC(C)C(C)C2)c1. The summed E-state index contributed by atoms with van der Waals surface area (Å²) < 4.78 is 0.868. The fraction of sp³-hybridized carbons (Fsp3) is 0.562. The molecule has 1 saturated carbocycles. The maximum Gasteiger partial charge on any atom is 0.252 e. The van der Waals surface area contributed by atoms with Crippen LogP contribution in [0.3, 0.4) is 0 Å². The van der Waals surface area contributed by atoms with Gasteiger partial charge in [-0.2, -0.15) is 0 Å². The lowest BCUT2D eigenvalue weighted by molar-refractivity contribution is 0.0909. The quantitative estimate of drug-likeness (QED) is 0.863. The van der Waals surface area contributed by atoms with E-state index in [4.69, 9.17) is 0 Å². The highest BCUT2D eigenvalue weighted by Gasteiger charge is 2.26. The smallest absolute Gasteiger partial charge is 0.252 e. The van der Waals surface area contributed by atoms with Crippen molar-refractivity contribution >= 4 is 21.8 Å². The highest BCUT2D eigenvalue weighted by Crippen LogP contribution is 2.29. The zero-order chi connectivity index (χ0) is 14.0. The Hall–Kier alpha value is -0.830. The van der Waals surface area contributed by atoms with Crippen LogP contribution in [0.2, 0.25) is 0 Å². The van der Waals surface area contributed by atoms with Crippen molar-refractivity contribution in [3.63, 3.8) is 0 Å². The molecule has 2 nitrogen and oxygen atoms in total. The summed E-state index contributed by atoms with van der Waals surface area (Å²) in [5, 5.41) is 3.19. The highest BCUT2D eigenvalue weighted by atomic mass is 79.9. The summed E-state index contributed by atoms with van der Waals surface area (Å²) in [4.78, 5) is 12.3. The van der Waals surface area contributed by atoms with Crippen molar-refractivity contribution in [1.82, 2.24) is 5.32 Å². The Morgan fingerprint density at radius 2 is 2.00 bits per heavy atom. The molecule has 1 aromatic carbocycles. The number of hydrogen-bond donors (Lipinski definition) is 1. The minimum Gasteiger partial charge on any atom is -0.349 e. The number of aryl methyl sites for hydroxylation is 1. The first-order valence-electron chi connectivity index (χ1n) is 7.04. The fourth-order valence-electron chi connectivity index (χ4n) is 2.75. The third-order valence-corrected chi connectivity index (χ3v) is 4.99. The van der Waals surface area contributed by atoms with Crippen LogP contribution >= 0.6 is 15.9 Å². The van der Waals surface area contributed by atoms with E-state index in [1.807, 2.05) is 25.1 Å². The molecule has 3 atom stereocenters. The zero-order valence-electron chi connectivity index (χ0n) is 11.9. The largest absolute Gasteiger partial charge is 0.349 e. The van der Waals surface area contributed by atoms with Crippen LogP contribution in [0.1, 0.15) is 49.0 Å². The summed E-state index contributed by atoms with van der Waals surface area (Å²) in [6, 6.07) is 6.21. The van der Waals surface area contributed by atoms with Gasteiger partial charge in [0.05, 0.1) is 5.56 Å². The van der Waals surface area contributed by atoms with E-state index in [0.717, 1.165) is 34.4 Å². The van der Waals surface area contributed by atoms with Crippen molar-refractivity contribution < 1.29 is 4.79 Å². The molecule has 0 spiro atoms. The van der Waals surface area contributed by atoms with Crippen molar-refractivity contribution in [2.45, 2.75) is 46.1 Å². The minimum atomic E-state index is 0.0438. The minimum absolute atomic E-state index is 0.0438. The highest BCUT2D eigenvalue weighted by molar-refractivity contribution is 9.10. The first-order valence-corrected chi connectivity index (χ1v) is 7.83. The fourth-order valence-corrected chi connectivity index (χ4v) is 3.18. The molecule has 1 aromatic rings. The second kappa shape index (κ2) is 6.08. The van der Waals surface area contributed by atoms with E-state index in [-0.39, 0.29) is 5.91 Å². The van der Waals surface area contributed by atoms with Crippen LogP contribution in [0.15, 0.2) is 22.7 Å². The topological polar surface area (TPSA) is 29.1 Å². The third-order valence-electron chi connectivity index (χ3n) is 4.30. The summed E-state index contributed by atoms with van der Waals surface area (Å²) in [7, 11) is 0. The molecule has 3 unspecified atom stereocenters. The van der Waals surface area contributed by atoms with Crippen LogP contribution < -0.4 is 5.32 Å². The lowest BCUT2D eigenvalue weighted by Gasteiger charge is -2.32. The van der Waals surface area contributed by atoms with Gasteiger partial charge < -0.3 is 5.32 Å². The van der Waals surface area contributed by atoms with Crippen LogP contribution in [0, 0.1) is 18.8 Å². The predicted molar refractivity (Wildman–Crippen MR) is 82.3 cm³/mol. The molecular formula is C16H22BrNO.